The van der Waals surface area contributed by atoms with E-state index < -0.39 is 0 Å². The van der Waals surface area contributed by atoms with Gasteiger partial charge in [0, 0.05) is 10.5 Å². The molecule has 0 bridgehead atoms. The van der Waals surface area contributed by atoms with Crippen LogP contribution in [0, 0.1) is 0 Å². The van der Waals surface area contributed by atoms with Gasteiger partial charge in [-0.2, -0.15) is 0 Å². The van der Waals surface area contributed by atoms with Crippen molar-refractivity contribution in [2.24, 2.45) is 0 Å². The highest BCUT2D eigenvalue weighted by molar-refractivity contribution is 9.10. The van der Waals surface area contributed by atoms with E-state index in [0.717, 1.165) is 26.8 Å². The van der Waals surface area contributed by atoms with Crippen LogP contribution in [0.25, 0.3) is 11.0 Å². The van der Waals surface area contributed by atoms with Crippen LogP contribution in [-0.2, 0) is 6.54 Å². The lowest BCUT2D eigenvalue weighted by atomic mass is 10.2. The Kier molecular flexibility index (Phi) is 3.36. The molecule has 1 aromatic heterocycles. The monoisotopic (exact) mass is 331 g/mol. The van der Waals surface area contributed by atoms with Crippen LogP contribution in [0.5, 0.6) is 5.75 Å². The lowest BCUT2D eigenvalue weighted by Gasteiger charge is -2.08. The lowest BCUT2D eigenvalue weighted by molar-refractivity contribution is 0.415. The normalized spacial score (nSPS) is 10.9. The highest BCUT2D eigenvalue weighted by atomic mass is 79.9. The Labute approximate surface area is 125 Å². The van der Waals surface area contributed by atoms with Crippen molar-refractivity contribution >= 4 is 32.9 Å². The van der Waals surface area contributed by atoms with Crippen LogP contribution in [0.15, 0.2) is 46.9 Å². The molecule has 5 heteroatoms. The highest BCUT2D eigenvalue weighted by Gasteiger charge is 2.09. The summed E-state index contributed by atoms with van der Waals surface area (Å²) in [5, 5.41) is 0. The summed E-state index contributed by atoms with van der Waals surface area (Å²) in [4.78, 5) is 4.38. The largest absolute Gasteiger partial charge is 0.497 e. The van der Waals surface area contributed by atoms with Crippen molar-refractivity contribution in [2.75, 3.05) is 12.8 Å². The lowest BCUT2D eigenvalue weighted by Crippen LogP contribution is -2.04. The van der Waals surface area contributed by atoms with Crippen molar-refractivity contribution in [1.29, 1.82) is 0 Å². The summed E-state index contributed by atoms with van der Waals surface area (Å²) in [5.74, 6) is 1.31. The predicted molar refractivity (Wildman–Crippen MR) is 83.9 cm³/mol. The Morgan fingerprint density at radius 1 is 1.25 bits per heavy atom. The number of imidazole rings is 1. The highest BCUT2D eigenvalue weighted by Crippen LogP contribution is 2.24. The van der Waals surface area contributed by atoms with Crippen molar-refractivity contribution in [2.45, 2.75) is 6.54 Å². The fraction of sp³-hybridized carbons (Fsp3) is 0.133. The number of hydrogen-bond acceptors (Lipinski definition) is 3. The number of nitrogen functional groups attached to an aromatic ring is 1. The molecule has 3 aromatic rings. The van der Waals surface area contributed by atoms with Crippen LogP contribution in [0.4, 0.5) is 5.95 Å². The first kappa shape index (κ1) is 13.0. The van der Waals surface area contributed by atoms with Crippen LogP contribution in [-0.4, -0.2) is 16.7 Å². The molecule has 2 aromatic carbocycles. The second kappa shape index (κ2) is 5.17. The molecule has 0 aliphatic carbocycles. The van der Waals surface area contributed by atoms with Crippen molar-refractivity contribution in [3.63, 3.8) is 0 Å². The van der Waals surface area contributed by atoms with Crippen LogP contribution >= 0.6 is 15.9 Å². The van der Waals surface area contributed by atoms with Gasteiger partial charge in [-0.1, -0.05) is 28.1 Å². The van der Waals surface area contributed by atoms with Gasteiger partial charge in [0.1, 0.15) is 5.75 Å². The van der Waals surface area contributed by atoms with Gasteiger partial charge in [-0.15, -0.1) is 0 Å². The van der Waals surface area contributed by atoms with E-state index in [2.05, 4.69) is 33.0 Å². The molecule has 1 heterocycles. The molecule has 0 aliphatic rings. The van der Waals surface area contributed by atoms with E-state index in [-0.39, 0.29) is 0 Å². The third kappa shape index (κ3) is 2.36. The number of fused-ring (bicyclic) bond motifs is 1. The maximum absolute atomic E-state index is 6.03. The molecular formula is C15H14BrN3O. The molecule has 0 fully saturated rings. The topological polar surface area (TPSA) is 53.1 Å². The van der Waals surface area contributed by atoms with Gasteiger partial charge in [-0.3, -0.25) is 0 Å². The summed E-state index contributed by atoms with van der Waals surface area (Å²) in [6.07, 6.45) is 0. The zero-order chi connectivity index (χ0) is 14.1. The van der Waals surface area contributed by atoms with Gasteiger partial charge < -0.3 is 15.0 Å². The number of ether oxygens (including phenoxy) is 1. The minimum atomic E-state index is 0.508. The molecule has 0 radical (unpaired) electrons. The summed E-state index contributed by atoms with van der Waals surface area (Å²) in [7, 11) is 1.65. The standard InChI is InChI=1S/C15H14BrN3O/c1-20-12-5-6-13-14(8-12)19(15(17)18-13)9-10-3-2-4-11(16)7-10/h2-8H,9H2,1H3,(H2,17,18). The summed E-state index contributed by atoms with van der Waals surface area (Å²) in [6, 6.07) is 13.9. The minimum absolute atomic E-state index is 0.508. The third-order valence-corrected chi connectivity index (χ3v) is 3.71. The van der Waals surface area contributed by atoms with Crippen LogP contribution in [0.2, 0.25) is 0 Å². The molecule has 0 atom stereocenters. The van der Waals surface area contributed by atoms with Gasteiger partial charge in [0.25, 0.3) is 0 Å². The molecule has 0 amide bonds. The number of methoxy groups -OCH3 is 1. The average Bonchev–Trinajstić information content (AvgIpc) is 2.74. The fourth-order valence-corrected chi connectivity index (χ4v) is 2.68. The van der Waals surface area contributed by atoms with E-state index in [0.29, 0.717) is 12.5 Å². The number of nitrogens with two attached hydrogens (primary N) is 1. The quantitative estimate of drug-likeness (QED) is 0.799. The van der Waals surface area contributed by atoms with Gasteiger partial charge in [0.15, 0.2) is 0 Å². The van der Waals surface area contributed by atoms with Gasteiger partial charge in [0.2, 0.25) is 5.95 Å². The van der Waals surface area contributed by atoms with Crippen molar-refractivity contribution in [1.82, 2.24) is 9.55 Å². The van der Waals surface area contributed by atoms with Crippen LogP contribution < -0.4 is 10.5 Å². The molecule has 102 valence electrons. The van der Waals surface area contributed by atoms with E-state index in [1.54, 1.807) is 7.11 Å². The van der Waals surface area contributed by atoms with Crippen molar-refractivity contribution in [3.8, 4) is 5.75 Å². The molecule has 4 nitrogen and oxygen atoms in total. The first-order chi connectivity index (χ1) is 9.67. The number of anilines is 1. The second-order valence-corrected chi connectivity index (χ2v) is 5.46. The molecule has 0 saturated heterocycles. The molecule has 0 spiro atoms. The molecule has 0 saturated carbocycles. The Hall–Kier alpha value is -2.01. The number of rotatable bonds is 3. The summed E-state index contributed by atoms with van der Waals surface area (Å²) >= 11 is 3.48. The van der Waals surface area contributed by atoms with Gasteiger partial charge >= 0.3 is 0 Å². The number of hydrogen-bond donors (Lipinski definition) is 1. The maximum Gasteiger partial charge on any atom is 0.201 e. The Bertz CT molecular complexity index is 767. The molecule has 0 unspecified atom stereocenters. The van der Waals surface area contributed by atoms with Gasteiger partial charge in [0.05, 0.1) is 24.7 Å². The molecule has 2 N–H and O–H groups in total. The van der Waals surface area contributed by atoms with Crippen molar-refractivity contribution in [3.05, 3.63) is 52.5 Å². The van der Waals surface area contributed by atoms with E-state index >= 15 is 0 Å². The Morgan fingerprint density at radius 2 is 2.10 bits per heavy atom. The van der Waals surface area contributed by atoms with E-state index in [9.17, 15) is 0 Å². The van der Waals surface area contributed by atoms with Crippen LogP contribution in [0.1, 0.15) is 5.56 Å². The average molecular weight is 332 g/mol. The summed E-state index contributed by atoms with van der Waals surface area (Å²) in [6.45, 7) is 0.676. The number of aromatic nitrogens is 2. The first-order valence-corrected chi connectivity index (χ1v) is 7.01. The first-order valence-electron chi connectivity index (χ1n) is 6.21. The second-order valence-electron chi connectivity index (χ2n) is 4.54. The third-order valence-electron chi connectivity index (χ3n) is 3.21. The molecule has 3 rings (SSSR count). The van der Waals surface area contributed by atoms with Gasteiger partial charge in [-0.05, 0) is 29.8 Å². The number of benzene rings is 2. The summed E-state index contributed by atoms with van der Waals surface area (Å²) < 4.78 is 8.30. The number of nitrogens with zero attached hydrogens (tertiary/aromatic N) is 2. The maximum atomic E-state index is 6.03. The van der Waals surface area contributed by atoms with E-state index in [4.69, 9.17) is 10.5 Å². The zero-order valence-corrected chi connectivity index (χ0v) is 12.6. The molecule has 20 heavy (non-hydrogen) atoms. The van der Waals surface area contributed by atoms with Crippen LogP contribution in [0.3, 0.4) is 0 Å². The fourth-order valence-electron chi connectivity index (χ4n) is 2.23. The van der Waals surface area contributed by atoms with E-state index in [1.165, 1.54) is 0 Å². The molecule has 0 aliphatic heterocycles. The Balaban J connectivity index is 2.08. The van der Waals surface area contributed by atoms with E-state index in [1.807, 2.05) is 34.9 Å². The molecular weight excluding hydrogens is 318 g/mol. The van der Waals surface area contributed by atoms with Gasteiger partial charge in [-0.25, -0.2) is 4.98 Å². The van der Waals surface area contributed by atoms with Crippen molar-refractivity contribution < 1.29 is 4.74 Å². The predicted octanol–water partition coefficient (Wildman–Crippen LogP) is 3.44. The smallest absolute Gasteiger partial charge is 0.201 e. The Morgan fingerprint density at radius 3 is 2.85 bits per heavy atom. The SMILES string of the molecule is COc1ccc2nc(N)n(Cc3cccc(Br)c3)c2c1. The summed E-state index contributed by atoms with van der Waals surface area (Å²) in [5.41, 5.74) is 9.04. The zero-order valence-electron chi connectivity index (χ0n) is 11.0. The number of halogens is 1. The minimum Gasteiger partial charge on any atom is -0.497 e.